The topological polar surface area (TPSA) is 109 Å². The number of nitrogens with one attached hydrogen (secondary N) is 2. The van der Waals surface area contributed by atoms with Crippen LogP contribution in [0.4, 0.5) is 17.8 Å². The zero-order valence-corrected chi connectivity index (χ0v) is 17.7. The second-order valence-corrected chi connectivity index (χ2v) is 8.12. The fourth-order valence-corrected chi connectivity index (χ4v) is 4.26. The van der Waals surface area contributed by atoms with Crippen molar-refractivity contribution in [2.45, 2.75) is 31.7 Å². The van der Waals surface area contributed by atoms with Crippen LogP contribution in [0, 0.1) is 0 Å². The quantitative estimate of drug-likeness (QED) is 0.406. The zero-order valence-electron chi connectivity index (χ0n) is 16.2. The van der Waals surface area contributed by atoms with E-state index < -0.39 is 0 Å². The molecular weight excluding hydrogens is 423 g/mol. The van der Waals surface area contributed by atoms with E-state index in [1.165, 1.54) is 17.2 Å². The standard InChI is InChI=1S/C21H22Cl2N6O/c22-14-10-17(23)16(18(30)11-14)6-3-7-25-20-27-19(24)28-21(29-20)26-15-8-12-4-1-2-5-13(12)9-15/h1-2,4-5,10-11,15,30H,3,6-9H2,(H4,24,25,26,27,28,29). The van der Waals surface area contributed by atoms with Crippen LogP contribution in [0.2, 0.25) is 10.0 Å². The maximum atomic E-state index is 10.0. The lowest BCUT2D eigenvalue weighted by Gasteiger charge is -2.13. The fourth-order valence-electron chi connectivity index (χ4n) is 3.68. The van der Waals surface area contributed by atoms with Gasteiger partial charge in [-0.2, -0.15) is 15.0 Å². The molecule has 1 aliphatic rings. The third-order valence-corrected chi connectivity index (χ3v) is 5.62. The molecule has 1 heterocycles. The van der Waals surface area contributed by atoms with Crippen LogP contribution >= 0.6 is 23.2 Å². The molecule has 0 unspecified atom stereocenters. The van der Waals surface area contributed by atoms with E-state index in [0.29, 0.717) is 46.9 Å². The monoisotopic (exact) mass is 444 g/mol. The van der Waals surface area contributed by atoms with Gasteiger partial charge in [-0.3, -0.25) is 0 Å². The average molecular weight is 445 g/mol. The fraction of sp³-hybridized carbons (Fsp3) is 0.286. The number of fused-ring (bicyclic) bond motifs is 1. The van der Waals surface area contributed by atoms with Crippen LogP contribution in [-0.4, -0.2) is 32.6 Å². The molecule has 0 spiro atoms. The molecule has 4 rings (SSSR count). The molecule has 0 amide bonds. The van der Waals surface area contributed by atoms with Crippen molar-refractivity contribution in [1.82, 2.24) is 15.0 Å². The number of hydrogen-bond donors (Lipinski definition) is 4. The van der Waals surface area contributed by atoms with Crippen LogP contribution in [0.1, 0.15) is 23.1 Å². The van der Waals surface area contributed by atoms with Gasteiger partial charge in [-0.25, -0.2) is 0 Å². The smallest absolute Gasteiger partial charge is 0.229 e. The molecule has 0 saturated carbocycles. The molecule has 7 nitrogen and oxygen atoms in total. The van der Waals surface area contributed by atoms with Crippen molar-refractivity contribution in [1.29, 1.82) is 0 Å². The lowest BCUT2D eigenvalue weighted by atomic mass is 10.1. The van der Waals surface area contributed by atoms with Crippen LogP contribution in [0.15, 0.2) is 36.4 Å². The van der Waals surface area contributed by atoms with Gasteiger partial charge in [0.1, 0.15) is 5.75 Å². The molecule has 0 fully saturated rings. The molecule has 0 aliphatic heterocycles. The van der Waals surface area contributed by atoms with Crippen molar-refractivity contribution in [2.24, 2.45) is 0 Å². The second kappa shape index (κ2) is 8.93. The number of nitrogen functional groups attached to an aromatic ring is 1. The molecule has 0 saturated heterocycles. The van der Waals surface area contributed by atoms with Crippen LogP contribution in [0.3, 0.4) is 0 Å². The number of nitrogens with two attached hydrogens (primary N) is 1. The molecule has 156 valence electrons. The molecule has 30 heavy (non-hydrogen) atoms. The van der Waals surface area contributed by atoms with Gasteiger partial charge in [-0.15, -0.1) is 0 Å². The van der Waals surface area contributed by atoms with Crippen LogP contribution in [0.25, 0.3) is 0 Å². The van der Waals surface area contributed by atoms with E-state index in [9.17, 15) is 5.11 Å². The molecule has 0 bridgehead atoms. The van der Waals surface area contributed by atoms with E-state index in [0.717, 1.165) is 12.8 Å². The third kappa shape index (κ3) is 4.86. The molecule has 5 N–H and O–H groups in total. The minimum Gasteiger partial charge on any atom is -0.508 e. The number of hydrogen-bond acceptors (Lipinski definition) is 7. The Labute approximate surface area is 184 Å². The van der Waals surface area contributed by atoms with Crippen molar-refractivity contribution in [2.75, 3.05) is 22.9 Å². The summed E-state index contributed by atoms with van der Waals surface area (Å²) in [6, 6.07) is 11.8. The molecular formula is C21H22Cl2N6O. The zero-order chi connectivity index (χ0) is 21.1. The average Bonchev–Trinajstić information content (AvgIpc) is 3.08. The number of anilines is 3. The summed E-state index contributed by atoms with van der Waals surface area (Å²) in [4.78, 5) is 12.8. The normalized spacial score (nSPS) is 13.3. The van der Waals surface area contributed by atoms with E-state index in [1.54, 1.807) is 6.07 Å². The summed E-state index contributed by atoms with van der Waals surface area (Å²) in [5.74, 6) is 1.12. The molecule has 2 aromatic carbocycles. The van der Waals surface area contributed by atoms with Crippen LogP contribution < -0.4 is 16.4 Å². The summed E-state index contributed by atoms with van der Waals surface area (Å²) in [6.07, 6.45) is 3.15. The summed E-state index contributed by atoms with van der Waals surface area (Å²) in [5, 5.41) is 17.4. The Morgan fingerprint density at radius 1 is 1.03 bits per heavy atom. The lowest BCUT2D eigenvalue weighted by molar-refractivity contribution is 0.467. The number of rotatable bonds is 7. The van der Waals surface area contributed by atoms with E-state index in [1.807, 2.05) is 0 Å². The van der Waals surface area contributed by atoms with Gasteiger partial charge in [0.05, 0.1) is 0 Å². The van der Waals surface area contributed by atoms with Crippen molar-refractivity contribution >= 4 is 41.0 Å². The predicted molar refractivity (Wildman–Crippen MR) is 120 cm³/mol. The third-order valence-electron chi connectivity index (χ3n) is 5.06. The highest BCUT2D eigenvalue weighted by molar-refractivity contribution is 6.35. The first-order valence-corrected chi connectivity index (χ1v) is 10.5. The molecule has 1 aromatic heterocycles. The largest absolute Gasteiger partial charge is 0.508 e. The maximum Gasteiger partial charge on any atom is 0.229 e. The lowest BCUT2D eigenvalue weighted by Crippen LogP contribution is -2.22. The summed E-state index contributed by atoms with van der Waals surface area (Å²) >= 11 is 12.0. The molecule has 3 aromatic rings. The van der Waals surface area contributed by atoms with Crippen molar-refractivity contribution in [3.8, 4) is 5.75 Å². The predicted octanol–water partition coefficient (Wildman–Crippen LogP) is 4.09. The summed E-state index contributed by atoms with van der Waals surface area (Å²) in [7, 11) is 0. The van der Waals surface area contributed by atoms with E-state index in [-0.39, 0.29) is 17.7 Å². The highest BCUT2D eigenvalue weighted by atomic mass is 35.5. The number of phenols is 1. The number of phenolic OH excluding ortho intramolecular Hbond substituents is 1. The Balaban J connectivity index is 1.33. The number of benzene rings is 2. The Bertz CT molecular complexity index is 1010. The number of halogens is 2. The SMILES string of the molecule is Nc1nc(NCCCc2c(O)cc(Cl)cc2Cl)nc(NC2Cc3ccccc3C2)n1. The summed E-state index contributed by atoms with van der Waals surface area (Å²) in [6.45, 7) is 0.580. The van der Waals surface area contributed by atoms with E-state index in [2.05, 4.69) is 49.9 Å². The first-order valence-electron chi connectivity index (χ1n) is 9.73. The van der Waals surface area contributed by atoms with Gasteiger partial charge in [-0.1, -0.05) is 47.5 Å². The van der Waals surface area contributed by atoms with Gasteiger partial charge in [0.15, 0.2) is 0 Å². The Kier molecular flexibility index (Phi) is 6.11. The van der Waals surface area contributed by atoms with E-state index in [4.69, 9.17) is 28.9 Å². The first kappa shape index (κ1) is 20.5. The van der Waals surface area contributed by atoms with E-state index >= 15 is 0 Å². The van der Waals surface area contributed by atoms with Gasteiger partial charge < -0.3 is 21.5 Å². The minimum atomic E-state index is 0.0981. The van der Waals surface area contributed by atoms with Gasteiger partial charge >= 0.3 is 0 Å². The molecule has 0 atom stereocenters. The Morgan fingerprint density at radius 3 is 2.43 bits per heavy atom. The van der Waals surface area contributed by atoms with Crippen molar-refractivity contribution in [3.05, 3.63) is 63.1 Å². The highest BCUT2D eigenvalue weighted by Gasteiger charge is 2.21. The van der Waals surface area contributed by atoms with Gasteiger partial charge in [0.25, 0.3) is 0 Å². The number of aromatic nitrogens is 3. The molecule has 1 aliphatic carbocycles. The summed E-state index contributed by atoms with van der Waals surface area (Å²) < 4.78 is 0. The van der Waals surface area contributed by atoms with Crippen LogP contribution in [-0.2, 0) is 19.3 Å². The van der Waals surface area contributed by atoms with Gasteiger partial charge in [0.2, 0.25) is 17.8 Å². The Hall–Kier alpha value is -2.77. The maximum absolute atomic E-state index is 10.0. The Morgan fingerprint density at radius 2 is 1.73 bits per heavy atom. The number of aromatic hydroxyl groups is 1. The van der Waals surface area contributed by atoms with Crippen molar-refractivity contribution < 1.29 is 5.11 Å². The molecule has 9 heteroatoms. The first-order chi connectivity index (χ1) is 14.5. The molecule has 0 radical (unpaired) electrons. The number of nitrogens with zero attached hydrogens (tertiary/aromatic N) is 3. The second-order valence-electron chi connectivity index (χ2n) is 7.27. The van der Waals surface area contributed by atoms with Gasteiger partial charge in [0, 0.05) is 28.2 Å². The summed E-state index contributed by atoms with van der Waals surface area (Å²) in [5.41, 5.74) is 9.22. The van der Waals surface area contributed by atoms with Crippen molar-refractivity contribution in [3.63, 3.8) is 0 Å². The minimum absolute atomic E-state index is 0.0981. The van der Waals surface area contributed by atoms with Crippen LogP contribution in [0.5, 0.6) is 5.75 Å². The highest BCUT2D eigenvalue weighted by Crippen LogP contribution is 2.31. The van der Waals surface area contributed by atoms with Gasteiger partial charge in [-0.05, 0) is 48.9 Å².